The number of hydrogen-bond donors (Lipinski definition) is 1. The minimum Gasteiger partial charge on any atom is -0.477 e. The van der Waals surface area contributed by atoms with Gasteiger partial charge in [-0.05, 0) is 32.9 Å². The number of carbonyl (C=O) groups excluding carboxylic acids is 1. The third-order valence-electron chi connectivity index (χ3n) is 7.48. The molecule has 0 saturated carbocycles. The molecule has 2 aromatic carbocycles. The van der Waals surface area contributed by atoms with Crippen LogP contribution in [0.1, 0.15) is 30.2 Å². The second-order valence-corrected chi connectivity index (χ2v) is 12.3. The Balaban J connectivity index is 0.000000206. The lowest BCUT2D eigenvalue weighted by Crippen LogP contribution is -2.13. The zero-order valence-corrected chi connectivity index (χ0v) is 32.4. The molecule has 0 fully saturated rings. The molecule has 21 heteroatoms. The molecule has 4 heterocycles. The summed E-state index contributed by atoms with van der Waals surface area (Å²) in [6, 6.07) is 3.17. The number of carbonyl (C=O) groups is 1. The number of ether oxygens (including phenoxy) is 5. The zero-order chi connectivity index (χ0) is 38.6. The minimum absolute atomic E-state index is 0.0862. The number of aliphatic hydroxyl groups is 1. The van der Waals surface area contributed by atoms with Crippen molar-refractivity contribution in [3.63, 3.8) is 0 Å². The van der Waals surface area contributed by atoms with Gasteiger partial charge < -0.3 is 28.8 Å². The Hall–Kier alpha value is -4.81. The highest BCUT2D eigenvalue weighted by Crippen LogP contribution is 2.39. The normalized spacial score (nSPS) is 11.0. The Morgan fingerprint density at radius 2 is 1.09 bits per heavy atom. The molecule has 6 rings (SSSR count). The molecule has 6 aromatic rings. The average Bonchev–Trinajstić information content (AvgIpc) is 3.69. The van der Waals surface area contributed by atoms with Crippen molar-refractivity contribution >= 4 is 74.4 Å². The maximum absolute atomic E-state index is 12.0. The summed E-state index contributed by atoms with van der Waals surface area (Å²) in [6.07, 6.45) is 0.200. The third kappa shape index (κ3) is 7.79. The highest BCUT2D eigenvalue weighted by molar-refractivity contribution is 6.45. The standard InChI is InChI=1S/C17H17Cl2N5O4.C15H15Cl2N5O3/c1-5-28-12(25)7-11-23-22-8(2)24(11)15-13(19)9(18)6-10-14(15)21-17(27-4)16(20-10)26-3;1-7-20-21-10(4-5-23)22(7)13-11(17)8(16)6-9-12(13)19-15(25-3)14(18-9)24-2/h6H,5,7H2,1-4H3;6,23H,4-5H2,1-3H3. The lowest BCUT2D eigenvalue weighted by molar-refractivity contribution is -0.142. The fraction of sp³-hybridized carbons (Fsp3) is 0.344. The van der Waals surface area contributed by atoms with E-state index in [-0.39, 0.29) is 58.2 Å². The Morgan fingerprint density at radius 1 is 0.679 bits per heavy atom. The molecule has 4 aromatic heterocycles. The summed E-state index contributed by atoms with van der Waals surface area (Å²) in [4.78, 5) is 29.7. The molecule has 0 saturated heterocycles. The van der Waals surface area contributed by atoms with Gasteiger partial charge in [-0.2, -0.15) is 0 Å². The van der Waals surface area contributed by atoms with Crippen molar-refractivity contribution in [1.29, 1.82) is 0 Å². The van der Waals surface area contributed by atoms with Crippen molar-refractivity contribution < 1.29 is 33.6 Å². The van der Waals surface area contributed by atoms with Gasteiger partial charge in [0.25, 0.3) is 23.5 Å². The second kappa shape index (κ2) is 16.9. The van der Waals surface area contributed by atoms with Gasteiger partial charge in [0.05, 0.1) is 84.2 Å². The molecule has 0 radical (unpaired) electrons. The Bertz CT molecular complexity index is 2320. The van der Waals surface area contributed by atoms with Crippen molar-refractivity contribution in [2.75, 3.05) is 41.7 Å². The van der Waals surface area contributed by atoms with Crippen LogP contribution in [0.15, 0.2) is 12.1 Å². The molecular weight excluding hydrogens is 778 g/mol. The zero-order valence-electron chi connectivity index (χ0n) is 29.4. The van der Waals surface area contributed by atoms with Gasteiger partial charge in [0.15, 0.2) is 0 Å². The number of esters is 1. The summed E-state index contributed by atoms with van der Waals surface area (Å²) in [5.41, 5.74) is 2.61. The monoisotopic (exact) mass is 808 g/mol. The van der Waals surface area contributed by atoms with E-state index in [4.69, 9.17) is 70.1 Å². The van der Waals surface area contributed by atoms with Crippen LogP contribution in [0, 0.1) is 13.8 Å². The van der Waals surface area contributed by atoms with E-state index < -0.39 is 5.97 Å². The van der Waals surface area contributed by atoms with Crippen LogP contribution in [-0.4, -0.2) is 102 Å². The van der Waals surface area contributed by atoms with Gasteiger partial charge in [-0.3, -0.25) is 13.9 Å². The van der Waals surface area contributed by atoms with Crippen LogP contribution in [-0.2, 0) is 22.4 Å². The molecule has 0 aliphatic carbocycles. The van der Waals surface area contributed by atoms with Gasteiger partial charge in [-0.15, -0.1) is 20.4 Å². The molecule has 0 spiro atoms. The Labute approximate surface area is 322 Å². The van der Waals surface area contributed by atoms with Crippen molar-refractivity contribution in [3.8, 4) is 34.9 Å². The van der Waals surface area contributed by atoms with Crippen molar-refractivity contribution in [2.45, 2.75) is 33.6 Å². The third-order valence-corrected chi connectivity index (χ3v) is 9.03. The first-order valence-electron chi connectivity index (χ1n) is 15.6. The molecule has 0 amide bonds. The quantitative estimate of drug-likeness (QED) is 0.165. The van der Waals surface area contributed by atoms with E-state index >= 15 is 0 Å². The van der Waals surface area contributed by atoms with E-state index in [1.165, 1.54) is 28.4 Å². The number of benzene rings is 2. The molecule has 1 N–H and O–H groups in total. The van der Waals surface area contributed by atoms with Crippen molar-refractivity contribution in [1.82, 2.24) is 49.5 Å². The van der Waals surface area contributed by atoms with Crippen LogP contribution in [0.3, 0.4) is 0 Å². The SMILES string of the molecule is CCOC(=O)Cc1nnc(C)n1-c1c(Cl)c(Cl)cc2nc(OC)c(OC)nc12.COc1nc2cc(Cl)c(Cl)c(-n3c(C)nnc3CCO)c2nc1OC. The van der Waals surface area contributed by atoms with Gasteiger partial charge in [0.2, 0.25) is 0 Å². The Morgan fingerprint density at radius 3 is 1.51 bits per heavy atom. The first-order valence-corrected chi connectivity index (χ1v) is 17.1. The summed E-state index contributed by atoms with van der Waals surface area (Å²) in [5.74, 6) is 2.30. The van der Waals surface area contributed by atoms with Gasteiger partial charge in [-0.25, -0.2) is 19.9 Å². The molecule has 280 valence electrons. The summed E-state index contributed by atoms with van der Waals surface area (Å²) in [5, 5.41) is 26.6. The predicted octanol–water partition coefficient (Wildman–Crippen LogP) is 5.33. The largest absolute Gasteiger partial charge is 0.477 e. The molecule has 0 atom stereocenters. The van der Waals surface area contributed by atoms with Crippen LogP contribution >= 0.6 is 46.4 Å². The number of hydrogen-bond acceptors (Lipinski definition) is 15. The number of aliphatic hydroxyl groups excluding tert-OH is 1. The number of nitrogens with zero attached hydrogens (tertiary/aromatic N) is 10. The number of fused-ring (bicyclic) bond motifs is 2. The van der Waals surface area contributed by atoms with Gasteiger partial charge >= 0.3 is 5.97 Å². The predicted molar refractivity (Wildman–Crippen MR) is 196 cm³/mol. The smallest absolute Gasteiger partial charge is 0.313 e. The van der Waals surface area contributed by atoms with Crippen LogP contribution < -0.4 is 18.9 Å². The van der Waals surface area contributed by atoms with E-state index in [0.717, 1.165) is 0 Å². The van der Waals surface area contributed by atoms with E-state index in [1.54, 1.807) is 42.0 Å². The van der Waals surface area contributed by atoms with E-state index in [9.17, 15) is 9.90 Å². The van der Waals surface area contributed by atoms with Crippen molar-refractivity contribution in [3.05, 3.63) is 55.5 Å². The summed E-state index contributed by atoms with van der Waals surface area (Å²) in [7, 11) is 5.85. The summed E-state index contributed by atoms with van der Waals surface area (Å²) >= 11 is 25.6. The highest BCUT2D eigenvalue weighted by atomic mass is 35.5. The molecule has 17 nitrogen and oxygen atoms in total. The lowest BCUT2D eigenvalue weighted by atomic mass is 10.2. The van der Waals surface area contributed by atoms with Gasteiger partial charge in [0, 0.05) is 6.42 Å². The fourth-order valence-electron chi connectivity index (χ4n) is 5.24. The van der Waals surface area contributed by atoms with Gasteiger partial charge in [-0.1, -0.05) is 46.4 Å². The molecular formula is C32H32Cl4N10O7. The van der Waals surface area contributed by atoms with Crippen LogP contribution in [0.2, 0.25) is 20.1 Å². The van der Waals surface area contributed by atoms with E-state index in [2.05, 4.69) is 40.3 Å². The molecule has 0 aliphatic rings. The summed E-state index contributed by atoms with van der Waals surface area (Å²) < 4.78 is 29.2. The molecule has 0 aliphatic heterocycles. The van der Waals surface area contributed by atoms with Crippen molar-refractivity contribution in [2.24, 2.45) is 0 Å². The second-order valence-electron chi connectivity index (χ2n) is 10.7. The Kier molecular flexibility index (Phi) is 12.6. The average molecular weight is 810 g/mol. The molecule has 0 bridgehead atoms. The van der Waals surface area contributed by atoms with Crippen LogP contribution in [0.25, 0.3) is 33.4 Å². The number of aryl methyl sites for hydroxylation is 2. The number of rotatable bonds is 11. The first kappa shape index (κ1) is 39.4. The number of halogens is 4. The summed E-state index contributed by atoms with van der Waals surface area (Å²) in [6.45, 7) is 5.39. The topological polar surface area (TPSA) is 196 Å². The maximum Gasteiger partial charge on any atom is 0.313 e. The minimum atomic E-state index is -0.441. The van der Waals surface area contributed by atoms with E-state index in [1.807, 2.05) is 0 Å². The lowest BCUT2D eigenvalue weighted by Gasteiger charge is -2.15. The van der Waals surface area contributed by atoms with Crippen LogP contribution in [0.5, 0.6) is 23.5 Å². The number of methoxy groups -OCH3 is 4. The number of aromatic nitrogens is 10. The maximum atomic E-state index is 12.0. The van der Waals surface area contributed by atoms with Gasteiger partial charge in [0.1, 0.15) is 40.8 Å². The molecule has 53 heavy (non-hydrogen) atoms. The first-order chi connectivity index (χ1) is 25.4. The fourth-order valence-corrected chi connectivity index (χ4v) is 6.08. The van der Waals surface area contributed by atoms with E-state index in [0.29, 0.717) is 68.2 Å². The molecule has 0 unspecified atom stereocenters. The highest BCUT2D eigenvalue weighted by Gasteiger charge is 2.25. The van der Waals surface area contributed by atoms with Crippen LogP contribution in [0.4, 0.5) is 0 Å².